The molecule has 0 atom stereocenters. The molecule has 1 radical (unpaired) electrons. The van der Waals surface area contributed by atoms with Crippen molar-refractivity contribution in [3.63, 3.8) is 0 Å². The first-order valence-corrected chi connectivity index (χ1v) is 5.98. The summed E-state index contributed by atoms with van der Waals surface area (Å²) in [5, 5.41) is 37.9. The van der Waals surface area contributed by atoms with E-state index in [0.717, 1.165) is 12.1 Å². The van der Waals surface area contributed by atoms with Gasteiger partial charge in [-0.2, -0.15) is 0 Å². The molecule has 0 aliphatic heterocycles. The Balaban J connectivity index is 0.00000176. The smallest absolute Gasteiger partial charge is 0.197 e. The minimum atomic E-state index is -0.490. The van der Waals surface area contributed by atoms with Gasteiger partial charge in [0.2, 0.25) is 0 Å². The van der Waals surface area contributed by atoms with Crippen LogP contribution in [0, 0.1) is 0 Å². The third-order valence-corrected chi connectivity index (χ3v) is 3.05. The molecule has 1 heterocycles. The summed E-state index contributed by atoms with van der Waals surface area (Å²) < 4.78 is 5.47. The number of phenolic OH excluding ortho intramolecular Hbond substituents is 4. The molecule has 0 fully saturated rings. The molecule has 0 aliphatic rings. The Kier molecular flexibility index (Phi) is 4.09. The average molecular weight is 293 g/mol. The van der Waals surface area contributed by atoms with E-state index in [0.29, 0.717) is 5.56 Å². The van der Waals surface area contributed by atoms with Crippen molar-refractivity contribution in [2.45, 2.75) is 0 Å². The van der Waals surface area contributed by atoms with Crippen molar-refractivity contribution in [1.82, 2.24) is 0 Å². The van der Waals surface area contributed by atoms with E-state index in [2.05, 4.69) is 0 Å². The maximum atomic E-state index is 12.0. The molecule has 6 nitrogen and oxygen atoms in total. The van der Waals surface area contributed by atoms with Crippen LogP contribution in [0.4, 0.5) is 0 Å². The summed E-state index contributed by atoms with van der Waals surface area (Å²) in [6.45, 7) is 0. The Labute approximate surface area is 136 Å². The van der Waals surface area contributed by atoms with Gasteiger partial charge in [0.25, 0.3) is 0 Å². The van der Waals surface area contributed by atoms with Gasteiger partial charge in [-0.3, -0.25) is 4.79 Å². The van der Waals surface area contributed by atoms with Crippen LogP contribution in [-0.2, 0) is 0 Å². The molecule has 3 aromatic rings. The van der Waals surface area contributed by atoms with E-state index < -0.39 is 5.43 Å². The van der Waals surface area contributed by atoms with Crippen LogP contribution in [0.1, 0.15) is 0 Å². The van der Waals surface area contributed by atoms with Crippen LogP contribution >= 0.6 is 0 Å². The zero-order valence-corrected chi connectivity index (χ0v) is 11.6. The van der Waals surface area contributed by atoms with Crippen molar-refractivity contribution in [2.24, 2.45) is 0 Å². The third-order valence-electron chi connectivity index (χ3n) is 3.05. The number of benzene rings is 2. The zero-order valence-electron chi connectivity index (χ0n) is 11.6. The van der Waals surface area contributed by atoms with Crippen molar-refractivity contribution in [1.29, 1.82) is 0 Å². The van der Waals surface area contributed by atoms with Gasteiger partial charge in [-0.05, 0) is 18.2 Å². The molecule has 3 rings (SSSR count). The number of hydrogen-bond donors (Lipinski definition) is 4. The topological polar surface area (TPSA) is 111 Å². The fourth-order valence-electron chi connectivity index (χ4n) is 2.07. The van der Waals surface area contributed by atoms with Gasteiger partial charge in [-0.25, -0.2) is 0 Å². The van der Waals surface area contributed by atoms with Crippen LogP contribution in [0.15, 0.2) is 45.6 Å². The first-order valence-electron chi connectivity index (χ1n) is 5.98. The van der Waals surface area contributed by atoms with Crippen LogP contribution in [0.25, 0.3) is 22.3 Å². The Morgan fingerprint density at radius 3 is 2.23 bits per heavy atom. The second kappa shape index (κ2) is 5.68. The normalized spacial score (nSPS) is 10.4. The minimum Gasteiger partial charge on any atom is -0.508 e. The summed E-state index contributed by atoms with van der Waals surface area (Å²) in [5.74, 6) is -1.13. The summed E-state index contributed by atoms with van der Waals surface area (Å²) in [6.07, 6.45) is 0. The summed E-state index contributed by atoms with van der Waals surface area (Å²) >= 11 is 0. The molecule has 4 N–H and O–H groups in total. The number of aromatic hydroxyl groups is 4. The van der Waals surface area contributed by atoms with E-state index >= 15 is 0 Å². The maximum Gasteiger partial charge on any atom is 0.197 e. The predicted molar refractivity (Wildman–Crippen MR) is 80.3 cm³/mol. The molecule has 7 heteroatoms. The molecule has 2 aromatic carbocycles. The molecule has 0 saturated heterocycles. The van der Waals surface area contributed by atoms with E-state index in [1.54, 1.807) is 0 Å². The molecule has 0 unspecified atom stereocenters. The fourth-order valence-corrected chi connectivity index (χ4v) is 2.07. The summed E-state index contributed by atoms with van der Waals surface area (Å²) in [6, 6.07) is 7.37. The number of rotatable bonds is 1. The first kappa shape index (κ1) is 15.8. The van der Waals surface area contributed by atoms with Crippen molar-refractivity contribution in [3.05, 3.63) is 46.6 Å². The first-order chi connectivity index (χ1) is 9.95. The molecule has 107 valence electrons. The maximum absolute atomic E-state index is 12.0. The number of hydrogen-bond acceptors (Lipinski definition) is 6. The van der Waals surface area contributed by atoms with Gasteiger partial charge in [0.05, 0.1) is 0 Å². The van der Waals surface area contributed by atoms with Gasteiger partial charge in [-0.1, -0.05) is 0 Å². The van der Waals surface area contributed by atoms with Crippen molar-refractivity contribution >= 4 is 29.8 Å². The summed E-state index contributed by atoms with van der Waals surface area (Å²) in [7, 11) is 0. The monoisotopic (exact) mass is 293 g/mol. The predicted octanol–water partition coefficient (Wildman–Crippen LogP) is 1.90. The molecule has 0 spiro atoms. The largest absolute Gasteiger partial charge is 0.508 e. The summed E-state index contributed by atoms with van der Waals surface area (Å²) in [5.41, 5.74) is -0.106. The van der Waals surface area contributed by atoms with Crippen LogP contribution < -0.4 is 5.43 Å². The number of fused-ring (bicyclic) bond motifs is 1. The van der Waals surface area contributed by atoms with Crippen LogP contribution in [-0.4, -0.2) is 39.3 Å². The quantitative estimate of drug-likeness (QED) is 0.403. The van der Waals surface area contributed by atoms with Crippen molar-refractivity contribution in [2.75, 3.05) is 0 Å². The Hall–Kier alpha value is -2.55. The van der Waals surface area contributed by atoms with Crippen LogP contribution in [0.2, 0.25) is 0 Å². The molecule has 0 amide bonds. The average Bonchev–Trinajstić information content (AvgIpc) is 2.40. The van der Waals surface area contributed by atoms with Gasteiger partial charge >= 0.3 is 0 Å². The van der Waals surface area contributed by atoms with Crippen LogP contribution in [0.5, 0.6) is 23.0 Å². The Morgan fingerprint density at radius 1 is 0.818 bits per heavy atom. The standard InChI is InChI=1S/C15H10O6.Li/c16-8-4-11(19)15-12(20)6-13(21-14(15)5-8)7-1-2-9(17)10(18)3-7;/h1-6,16-19H;. The Morgan fingerprint density at radius 2 is 1.55 bits per heavy atom. The second-order valence-corrected chi connectivity index (χ2v) is 4.52. The second-order valence-electron chi connectivity index (χ2n) is 4.52. The van der Waals surface area contributed by atoms with Crippen molar-refractivity contribution in [3.8, 4) is 34.3 Å². The third kappa shape index (κ3) is 2.62. The number of phenols is 4. The fraction of sp³-hybridized carbons (Fsp3) is 0. The van der Waals surface area contributed by atoms with E-state index in [1.807, 2.05) is 0 Å². The van der Waals surface area contributed by atoms with E-state index in [9.17, 15) is 25.2 Å². The molecule has 0 saturated carbocycles. The molecular formula is C15H10LiO6. The molecule has 0 bridgehead atoms. The van der Waals surface area contributed by atoms with E-state index in [1.165, 1.54) is 24.3 Å². The van der Waals surface area contributed by atoms with E-state index in [4.69, 9.17) is 4.42 Å². The molecule has 0 aliphatic carbocycles. The van der Waals surface area contributed by atoms with Crippen molar-refractivity contribution < 1.29 is 24.8 Å². The summed E-state index contributed by atoms with van der Waals surface area (Å²) in [4.78, 5) is 12.0. The van der Waals surface area contributed by atoms with Gasteiger partial charge < -0.3 is 24.8 Å². The molecule has 22 heavy (non-hydrogen) atoms. The Bertz CT molecular complexity index is 916. The van der Waals surface area contributed by atoms with Crippen LogP contribution in [0.3, 0.4) is 0 Å². The molecule has 1 aromatic heterocycles. The molecular weight excluding hydrogens is 283 g/mol. The minimum absolute atomic E-state index is 0. The zero-order chi connectivity index (χ0) is 15.1. The van der Waals surface area contributed by atoms with Gasteiger partial charge in [-0.15, -0.1) is 0 Å². The van der Waals surface area contributed by atoms with Gasteiger partial charge in [0, 0.05) is 42.6 Å². The van der Waals surface area contributed by atoms with E-state index in [-0.39, 0.29) is 58.6 Å². The van der Waals surface area contributed by atoms with Gasteiger partial charge in [0.1, 0.15) is 28.2 Å². The van der Waals surface area contributed by atoms with Gasteiger partial charge in [0.15, 0.2) is 16.9 Å². The SMILES string of the molecule is O=c1cc(-c2ccc(O)c(O)c2)oc2cc(O)cc(O)c12.[Li].